The average molecular weight is 239 g/mol. The Hall–Kier alpha value is -0.730. The van der Waals surface area contributed by atoms with E-state index in [1.54, 1.807) is 0 Å². The predicted molar refractivity (Wildman–Crippen MR) is 69.5 cm³/mol. The maximum Gasteiger partial charge on any atom is 0.0452 e. The van der Waals surface area contributed by atoms with Crippen LogP contribution in [0.3, 0.4) is 0 Å². The normalized spacial score (nSPS) is 20.2. The number of benzene rings is 1. The van der Waals surface area contributed by atoms with Gasteiger partial charge in [0, 0.05) is 23.8 Å². The Morgan fingerprint density at radius 3 is 2.81 bits per heavy atom. The summed E-state index contributed by atoms with van der Waals surface area (Å²) in [6.07, 6.45) is 1.26. The van der Waals surface area contributed by atoms with E-state index in [1.165, 1.54) is 6.42 Å². The zero-order valence-electron chi connectivity index (χ0n) is 9.96. The first-order valence-electron chi connectivity index (χ1n) is 5.73. The van der Waals surface area contributed by atoms with Crippen molar-refractivity contribution in [1.29, 1.82) is 0 Å². The van der Waals surface area contributed by atoms with Crippen LogP contribution in [0.15, 0.2) is 18.2 Å². The van der Waals surface area contributed by atoms with Crippen LogP contribution in [0.5, 0.6) is 0 Å². The van der Waals surface area contributed by atoms with Gasteiger partial charge in [-0.25, -0.2) is 0 Å². The van der Waals surface area contributed by atoms with Gasteiger partial charge < -0.3 is 5.73 Å². The minimum absolute atomic E-state index is 0.437. The van der Waals surface area contributed by atoms with Crippen LogP contribution in [0.2, 0.25) is 5.02 Å². The molecule has 0 aliphatic carbocycles. The molecule has 2 N–H and O–H groups in total. The van der Waals surface area contributed by atoms with Gasteiger partial charge in [-0.2, -0.15) is 0 Å². The number of halogens is 1. The summed E-state index contributed by atoms with van der Waals surface area (Å²) in [6, 6.07) is 5.71. The fourth-order valence-corrected chi connectivity index (χ4v) is 2.49. The van der Waals surface area contributed by atoms with E-state index in [0.29, 0.717) is 5.41 Å². The highest BCUT2D eigenvalue weighted by atomic mass is 35.5. The molecular weight excluding hydrogens is 220 g/mol. The van der Waals surface area contributed by atoms with Gasteiger partial charge >= 0.3 is 0 Å². The van der Waals surface area contributed by atoms with Crippen LogP contribution in [-0.4, -0.2) is 18.0 Å². The topological polar surface area (TPSA) is 29.3 Å². The van der Waals surface area contributed by atoms with Crippen molar-refractivity contribution in [2.24, 2.45) is 5.41 Å². The molecule has 1 saturated heterocycles. The molecule has 0 amide bonds. The van der Waals surface area contributed by atoms with Crippen LogP contribution in [0.1, 0.15) is 25.8 Å². The maximum absolute atomic E-state index is 6.16. The fourth-order valence-electron chi connectivity index (χ4n) is 2.32. The molecule has 1 aliphatic rings. The number of likely N-dealkylation sites (tertiary alicyclic amines) is 1. The Labute approximate surface area is 102 Å². The minimum atomic E-state index is 0.437. The number of hydrogen-bond acceptors (Lipinski definition) is 2. The Balaban J connectivity index is 2.07. The quantitative estimate of drug-likeness (QED) is 0.802. The summed E-state index contributed by atoms with van der Waals surface area (Å²) >= 11 is 6.16. The van der Waals surface area contributed by atoms with Crippen molar-refractivity contribution < 1.29 is 0 Å². The Morgan fingerprint density at radius 1 is 1.44 bits per heavy atom. The highest BCUT2D eigenvalue weighted by molar-refractivity contribution is 6.31. The maximum atomic E-state index is 6.16. The van der Waals surface area contributed by atoms with Gasteiger partial charge in [-0.15, -0.1) is 0 Å². The van der Waals surface area contributed by atoms with Crippen molar-refractivity contribution in [3.63, 3.8) is 0 Å². The Bertz CT molecular complexity index is 388. The number of nitrogens with zero attached hydrogens (tertiary/aromatic N) is 1. The highest BCUT2D eigenvalue weighted by Crippen LogP contribution is 2.31. The number of anilines is 1. The number of nitrogens with two attached hydrogens (primary N) is 1. The second-order valence-corrected chi connectivity index (χ2v) is 5.88. The van der Waals surface area contributed by atoms with E-state index in [1.807, 2.05) is 18.2 Å². The molecule has 3 heteroatoms. The lowest BCUT2D eigenvalue weighted by Crippen LogP contribution is -2.23. The fraction of sp³-hybridized carbons (Fsp3) is 0.538. The molecule has 88 valence electrons. The molecular formula is C13H19ClN2. The Kier molecular flexibility index (Phi) is 3.13. The van der Waals surface area contributed by atoms with Gasteiger partial charge in [0.05, 0.1) is 0 Å². The summed E-state index contributed by atoms with van der Waals surface area (Å²) in [5.74, 6) is 0. The van der Waals surface area contributed by atoms with Gasteiger partial charge in [0.2, 0.25) is 0 Å². The van der Waals surface area contributed by atoms with Crippen LogP contribution in [0.4, 0.5) is 5.69 Å². The average Bonchev–Trinajstić information content (AvgIpc) is 2.52. The SMILES string of the molecule is CC1(C)CCN(Cc2cc(N)ccc2Cl)C1. The summed E-state index contributed by atoms with van der Waals surface area (Å²) in [6.45, 7) is 7.82. The third kappa shape index (κ3) is 2.69. The van der Waals surface area contributed by atoms with E-state index in [4.69, 9.17) is 17.3 Å². The zero-order chi connectivity index (χ0) is 11.8. The molecule has 1 aliphatic heterocycles. The minimum Gasteiger partial charge on any atom is -0.399 e. The van der Waals surface area contributed by atoms with Gasteiger partial charge in [0.15, 0.2) is 0 Å². The molecule has 0 saturated carbocycles. The molecule has 0 unspecified atom stereocenters. The highest BCUT2D eigenvalue weighted by Gasteiger charge is 2.29. The summed E-state index contributed by atoms with van der Waals surface area (Å²) in [5.41, 5.74) is 8.14. The molecule has 1 aromatic carbocycles. The first-order valence-corrected chi connectivity index (χ1v) is 6.10. The molecule has 16 heavy (non-hydrogen) atoms. The van der Waals surface area contributed by atoms with Gasteiger partial charge in [-0.1, -0.05) is 25.4 Å². The lowest BCUT2D eigenvalue weighted by molar-refractivity contribution is 0.284. The zero-order valence-corrected chi connectivity index (χ0v) is 10.7. The van der Waals surface area contributed by atoms with Crippen molar-refractivity contribution in [2.75, 3.05) is 18.8 Å². The monoisotopic (exact) mass is 238 g/mol. The second kappa shape index (κ2) is 4.27. The first kappa shape index (κ1) is 11.7. The summed E-state index contributed by atoms with van der Waals surface area (Å²) in [7, 11) is 0. The third-order valence-electron chi connectivity index (χ3n) is 3.22. The molecule has 1 fully saturated rings. The smallest absolute Gasteiger partial charge is 0.0452 e. The van der Waals surface area contributed by atoms with E-state index >= 15 is 0 Å². The number of rotatable bonds is 2. The molecule has 2 nitrogen and oxygen atoms in total. The van der Waals surface area contributed by atoms with Gasteiger partial charge in [0.1, 0.15) is 0 Å². The first-order chi connectivity index (χ1) is 7.46. The molecule has 0 bridgehead atoms. The van der Waals surface area contributed by atoms with Crippen LogP contribution in [0.25, 0.3) is 0 Å². The van der Waals surface area contributed by atoms with Crippen LogP contribution >= 0.6 is 11.6 Å². The van der Waals surface area contributed by atoms with Gasteiger partial charge in [0.25, 0.3) is 0 Å². The van der Waals surface area contributed by atoms with Crippen molar-refractivity contribution in [1.82, 2.24) is 4.90 Å². The second-order valence-electron chi connectivity index (χ2n) is 5.48. The number of nitrogen functional groups attached to an aromatic ring is 1. The third-order valence-corrected chi connectivity index (χ3v) is 3.59. The van der Waals surface area contributed by atoms with E-state index in [9.17, 15) is 0 Å². The van der Waals surface area contributed by atoms with Crippen molar-refractivity contribution >= 4 is 17.3 Å². The summed E-state index contributed by atoms with van der Waals surface area (Å²) < 4.78 is 0. The molecule has 0 atom stereocenters. The number of hydrogen-bond donors (Lipinski definition) is 1. The van der Waals surface area contributed by atoms with Crippen LogP contribution in [-0.2, 0) is 6.54 Å². The lowest BCUT2D eigenvalue weighted by Gasteiger charge is -2.20. The molecule has 0 aromatic heterocycles. The van der Waals surface area contributed by atoms with Gasteiger partial charge in [-0.05, 0) is 42.1 Å². The van der Waals surface area contributed by atoms with Crippen molar-refractivity contribution in [3.05, 3.63) is 28.8 Å². The van der Waals surface area contributed by atoms with Crippen LogP contribution in [0, 0.1) is 5.41 Å². The van der Waals surface area contributed by atoms with Crippen LogP contribution < -0.4 is 5.73 Å². The summed E-state index contributed by atoms with van der Waals surface area (Å²) in [5, 5.41) is 0.818. The van der Waals surface area contributed by atoms with E-state index in [-0.39, 0.29) is 0 Å². The molecule has 2 rings (SSSR count). The molecule has 0 spiro atoms. The van der Waals surface area contributed by atoms with E-state index < -0.39 is 0 Å². The molecule has 0 radical (unpaired) electrons. The lowest BCUT2D eigenvalue weighted by atomic mass is 9.93. The summed E-state index contributed by atoms with van der Waals surface area (Å²) in [4.78, 5) is 2.45. The van der Waals surface area contributed by atoms with Gasteiger partial charge in [-0.3, -0.25) is 4.90 Å². The standard InChI is InChI=1S/C13H19ClN2/c1-13(2)5-6-16(9-13)8-10-7-11(15)3-4-12(10)14/h3-4,7H,5-6,8-9,15H2,1-2H3. The van der Waals surface area contributed by atoms with E-state index in [2.05, 4.69) is 18.7 Å². The van der Waals surface area contributed by atoms with E-state index in [0.717, 1.165) is 35.9 Å². The molecule has 1 heterocycles. The molecule has 1 aromatic rings. The largest absolute Gasteiger partial charge is 0.399 e. The Morgan fingerprint density at radius 2 is 2.19 bits per heavy atom. The predicted octanol–water partition coefficient (Wildman–Crippen LogP) is 3.15. The van der Waals surface area contributed by atoms with Crippen molar-refractivity contribution in [3.8, 4) is 0 Å². The van der Waals surface area contributed by atoms with Crippen molar-refractivity contribution in [2.45, 2.75) is 26.8 Å².